The summed E-state index contributed by atoms with van der Waals surface area (Å²) in [7, 11) is 0. The van der Waals surface area contributed by atoms with Gasteiger partial charge in [-0.25, -0.2) is 4.68 Å². The number of hydrogen-bond donors (Lipinski definition) is 1. The minimum absolute atomic E-state index is 0.244. The molecule has 20 heavy (non-hydrogen) atoms. The summed E-state index contributed by atoms with van der Waals surface area (Å²) in [4.78, 5) is 0. The summed E-state index contributed by atoms with van der Waals surface area (Å²) in [5.41, 5.74) is -0.101. The third-order valence-electron chi connectivity index (χ3n) is 2.54. The van der Waals surface area contributed by atoms with E-state index in [9.17, 15) is 13.2 Å². The maximum absolute atomic E-state index is 12.5. The second-order valence-electron chi connectivity index (χ2n) is 4.59. The SMILES string of the molecule is CC(C)NCc1ccc(-n2cc(C(F)(F)F)cn2)nn1. The number of rotatable bonds is 4. The Labute approximate surface area is 113 Å². The van der Waals surface area contributed by atoms with Gasteiger partial charge in [0.1, 0.15) is 0 Å². The molecule has 0 radical (unpaired) electrons. The summed E-state index contributed by atoms with van der Waals surface area (Å²) in [5, 5.41) is 14.6. The molecule has 0 spiro atoms. The van der Waals surface area contributed by atoms with E-state index in [1.54, 1.807) is 12.1 Å². The van der Waals surface area contributed by atoms with Gasteiger partial charge >= 0.3 is 6.18 Å². The molecular formula is C12H14F3N5. The Morgan fingerprint density at radius 3 is 2.50 bits per heavy atom. The van der Waals surface area contributed by atoms with Crippen LogP contribution in [0.1, 0.15) is 25.1 Å². The third-order valence-corrected chi connectivity index (χ3v) is 2.54. The molecule has 2 aromatic rings. The van der Waals surface area contributed by atoms with Crippen molar-refractivity contribution in [2.45, 2.75) is 32.6 Å². The van der Waals surface area contributed by atoms with E-state index in [0.29, 0.717) is 18.3 Å². The summed E-state index contributed by atoms with van der Waals surface area (Å²) >= 11 is 0. The van der Waals surface area contributed by atoms with E-state index in [0.717, 1.165) is 17.1 Å². The van der Waals surface area contributed by atoms with Crippen molar-refractivity contribution in [3.05, 3.63) is 35.8 Å². The zero-order valence-corrected chi connectivity index (χ0v) is 11.0. The first kappa shape index (κ1) is 14.4. The van der Waals surface area contributed by atoms with Gasteiger partial charge in [-0.3, -0.25) is 0 Å². The average Bonchev–Trinajstić information content (AvgIpc) is 2.86. The molecule has 0 aromatic carbocycles. The Morgan fingerprint density at radius 1 is 1.25 bits per heavy atom. The highest BCUT2D eigenvalue weighted by atomic mass is 19.4. The molecule has 0 saturated carbocycles. The van der Waals surface area contributed by atoms with E-state index in [1.807, 2.05) is 13.8 Å². The molecule has 0 atom stereocenters. The zero-order chi connectivity index (χ0) is 14.8. The van der Waals surface area contributed by atoms with Crippen LogP contribution in [-0.4, -0.2) is 26.0 Å². The number of hydrogen-bond acceptors (Lipinski definition) is 4. The van der Waals surface area contributed by atoms with Crippen molar-refractivity contribution in [1.82, 2.24) is 25.3 Å². The lowest BCUT2D eigenvalue weighted by Gasteiger charge is -2.07. The predicted octanol–water partition coefficient (Wildman–Crippen LogP) is 2.18. The molecule has 2 heterocycles. The van der Waals surface area contributed by atoms with Crippen LogP contribution in [0.2, 0.25) is 0 Å². The molecule has 0 aliphatic rings. The molecule has 0 amide bonds. The number of halogens is 3. The van der Waals surface area contributed by atoms with Crippen LogP contribution in [0, 0.1) is 0 Å². The number of alkyl halides is 3. The van der Waals surface area contributed by atoms with Crippen molar-refractivity contribution in [2.75, 3.05) is 0 Å². The van der Waals surface area contributed by atoms with Crippen LogP contribution in [0.25, 0.3) is 5.82 Å². The number of aromatic nitrogens is 4. The second kappa shape index (κ2) is 5.58. The highest BCUT2D eigenvalue weighted by Gasteiger charge is 2.32. The van der Waals surface area contributed by atoms with Crippen molar-refractivity contribution in [3.63, 3.8) is 0 Å². The Bertz CT molecular complexity index is 559. The van der Waals surface area contributed by atoms with Crippen LogP contribution in [-0.2, 0) is 12.7 Å². The fourth-order valence-electron chi connectivity index (χ4n) is 1.47. The van der Waals surface area contributed by atoms with E-state index in [2.05, 4.69) is 20.6 Å². The average molecular weight is 285 g/mol. The van der Waals surface area contributed by atoms with Crippen LogP contribution in [0.5, 0.6) is 0 Å². The minimum atomic E-state index is -4.41. The molecule has 1 N–H and O–H groups in total. The molecule has 2 rings (SSSR count). The van der Waals surface area contributed by atoms with Gasteiger partial charge in [0.15, 0.2) is 5.82 Å². The first-order valence-corrected chi connectivity index (χ1v) is 6.04. The molecule has 5 nitrogen and oxygen atoms in total. The van der Waals surface area contributed by atoms with E-state index >= 15 is 0 Å². The van der Waals surface area contributed by atoms with Crippen molar-refractivity contribution in [2.24, 2.45) is 0 Å². The Balaban J connectivity index is 2.12. The van der Waals surface area contributed by atoms with Gasteiger partial charge < -0.3 is 5.32 Å². The Morgan fingerprint density at radius 2 is 2.00 bits per heavy atom. The lowest BCUT2D eigenvalue weighted by Crippen LogP contribution is -2.22. The molecule has 0 bridgehead atoms. The Kier molecular flexibility index (Phi) is 4.03. The van der Waals surface area contributed by atoms with Crippen molar-refractivity contribution in [1.29, 1.82) is 0 Å². The molecule has 108 valence electrons. The highest BCUT2D eigenvalue weighted by Crippen LogP contribution is 2.28. The Hall–Kier alpha value is -1.96. The molecular weight excluding hydrogens is 271 g/mol. The van der Waals surface area contributed by atoms with Crippen molar-refractivity contribution in [3.8, 4) is 5.82 Å². The van der Waals surface area contributed by atoms with Gasteiger partial charge in [0.05, 0.1) is 17.5 Å². The highest BCUT2D eigenvalue weighted by molar-refractivity contribution is 5.23. The maximum atomic E-state index is 12.5. The molecule has 0 aliphatic carbocycles. The zero-order valence-electron chi connectivity index (χ0n) is 11.0. The topological polar surface area (TPSA) is 55.6 Å². The fraction of sp³-hybridized carbons (Fsp3) is 0.417. The third kappa shape index (κ3) is 3.53. The lowest BCUT2D eigenvalue weighted by molar-refractivity contribution is -0.137. The lowest BCUT2D eigenvalue weighted by atomic mass is 10.3. The van der Waals surface area contributed by atoms with Crippen LogP contribution in [0.15, 0.2) is 24.5 Å². The van der Waals surface area contributed by atoms with Gasteiger partial charge in [0, 0.05) is 18.8 Å². The van der Waals surface area contributed by atoms with Crippen LogP contribution in [0.3, 0.4) is 0 Å². The summed E-state index contributed by atoms with van der Waals surface area (Å²) < 4.78 is 38.4. The summed E-state index contributed by atoms with van der Waals surface area (Å²) in [6, 6.07) is 3.60. The molecule has 0 aliphatic heterocycles. The number of nitrogens with zero attached hydrogens (tertiary/aromatic N) is 4. The summed E-state index contributed by atoms with van der Waals surface area (Å²) in [5.74, 6) is 0.244. The molecule has 0 saturated heterocycles. The molecule has 0 fully saturated rings. The van der Waals surface area contributed by atoms with E-state index < -0.39 is 11.7 Å². The second-order valence-corrected chi connectivity index (χ2v) is 4.59. The monoisotopic (exact) mass is 285 g/mol. The van der Waals surface area contributed by atoms with E-state index in [4.69, 9.17) is 0 Å². The van der Waals surface area contributed by atoms with Gasteiger partial charge in [-0.05, 0) is 12.1 Å². The van der Waals surface area contributed by atoms with E-state index in [1.165, 1.54) is 0 Å². The summed E-state index contributed by atoms with van der Waals surface area (Å²) in [6.07, 6.45) is -2.77. The first-order chi connectivity index (χ1) is 9.36. The smallest absolute Gasteiger partial charge is 0.309 e. The predicted molar refractivity (Wildman–Crippen MR) is 66.1 cm³/mol. The van der Waals surface area contributed by atoms with Gasteiger partial charge in [-0.2, -0.15) is 23.4 Å². The molecule has 0 unspecified atom stereocenters. The largest absolute Gasteiger partial charge is 0.419 e. The van der Waals surface area contributed by atoms with E-state index in [-0.39, 0.29) is 5.82 Å². The van der Waals surface area contributed by atoms with Crippen molar-refractivity contribution >= 4 is 0 Å². The first-order valence-electron chi connectivity index (χ1n) is 6.04. The van der Waals surface area contributed by atoms with Gasteiger partial charge in [-0.15, -0.1) is 5.10 Å². The molecule has 2 aromatic heterocycles. The van der Waals surface area contributed by atoms with Crippen molar-refractivity contribution < 1.29 is 13.2 Å². The standard InChI is InChI=1S/C12H14F3N5/c1-8(2)16-6-10-3-4-11(19-18-10)20-7-9(5-17-20)12(13,14)15/h3-5,7-8,16H,6H2,1-2H3. The fourth-order valence-corrected chi connectivity index (χ4v) is 1.47. The summed E-state index contributed by atoms with van der Waals surface area (Å²) in [6.45, 7) is 4.56. The molecule has 8 heteroatoms. The maximum Gasteiger partial charge on any atom is 0.419 e. The van der Waals surface area contributed by atoms with Gasteiger partial charge in [-0.1, -0.05) is 13.8 Å². The normalized spacial score (nSPS) is 12.1. The number of nitrogens with one attached hydrogen (secondary N) is 1. The quantitative estimate of drug-likeness (QED) is 0.935. The minimum Gasteiger partial charge on any atom is -0.309 e. The van der Waals surface area contributed by atoms with Crippen LogP contribution < -0.4 is 5.32 Å². The van der Waals surface area contributed by atoms with Gasteiger partial charge in [0.25, 0.3) is 0 Å². The van der Waals surface area contributed by atoms with Crippen LogP contribution >= 0.6 is 0 Å². The van der Waals surface area contributed by atoms with Crippen LogP contribution in [0.4, 0.5) is 13.2 Å². The van der Waals surface area contributed by atoms with Gasteiger partial charge in [0.2, 0.25) is 0 Å².